The number of amides is 1. The van der Waals surface area contributed by atoms with E-state index in [2.05, 4.69) is 10.2 Å². The van der Waals surface area contributed by atoms with Crippen molar-refractivity contribution in [3.63, 3.8) is 0 Å². The highest BCUT2D eigenvalue weighted by Crippen LogP contribution is 2.52. The maximum absolute atomic E-state index is 12.3. The number of β-amino-alcohol motifs (C(OH)–C–C–N with tert-alkyl or cyclic N) is 1. The van der Waals surface area contributed by atoms with E-state index in [-0.39, 0.29) is 12.0 Å². The van der Waals surface area contributed by atoms with Gasteiger partial charge in [-0.2, -0.15) is 0 Å². The van der Waals surface area contributed by atoms with Crippen LogP contribution in [0.15, 0.2) is 0 Å². The van der Waals surface area contributed by atoms with Crippen molar-refractivity contribution in [1.82, 2.24) is 5.32 Å². The van der Waals surface area contributed by atoms with Crippen LogP contribution >= 0.6 is 11.3 Å². The molecule has 2 heterocycles. The lowest BCUT2D eigenvalue weighted by Crippen LogP contribution is -2.23. The van der Waals surface area contributed by atoms with Crippen molar-refractivity contribution in [2.75, 3.05) is 30.3 Å². The molecule has 0 radical (unpaired) electrons. The molecular formula is C15H23N3O2S. The SMILES string of the molecule is CCCNC(=O)c1sc(N2CCC(O)C2)c(C2CC2)c1N. The second-order valence-corrected chi connectivity index (χ2v) is 6.98. The summed E-state index contributed by atoms with van der Waals surface area (Å²) in [6.07, 6.45) is 3.75. The van der Waals surface area contributed by atoms with Gasteiger partial charge in [0.1, 0.15) is 4.88 Å². The average molecular weight is 309 g/mol. The third-order valence-electron chi connectivity index (χ3n) is 4.14. The minimum Gasteiger partial charge on any atom is -0.397 e. The number of rotatable bonds is 5. The number of aliphatic hydroxyl groups excluding tert-OH is 1. The molecule has 1 saturated heterocycles. The maximum atomic E-state index is 12.3. The minimum absolute atomic E-state index is 0.0627. The third-order valence-corrected chi connectivity index (χ3v) is 5.42. The molecule has 0 spiro atoms. The zero-order valence-corrected chi connectivity index (χ0v) is 13.2. The summed E-state index contributed by atoms with van der Waals surface area (Å²) in [7, 11) is 0. The van der Waals surface area contributed by atoms with E-state index < -0.39 is 0 Å². The molecule has 0 bridgehead atoms. The number of thiophene rings is 1. The van der Waals surface area contributed by atoms with E-state index in [1.807, 2.05) is 6.92 Å². The van der Waals surface area contributed by atoms with E-state index in [1.54, 1.807) is 0 Å². The molecular weight excluding hydrogens is 286 g/mol. The Morgan fingerprint density at radius 1 is 1.48 bits per heavy atom. The number of anilines is 2. The van der Waals surface area contributed by atoms with Crippen molar-refractivity contribution in [3.8, 4) is 0 Å². The molecule has 1 aromatic rings. The second kappa shape index (κ2) is 5.85. The number of nitrogens with two attached hydrogens (primary N) is 1. The van der Waals surface area contributed by atoms with Gasteiger partial charge < -0.3 is 21.1 Å². The molecule has 21 heavy (non-hydrogen) atoms. The number of nitrogens with one attached hydrogen (secondary N) is 1. The van der Waals surface area contributed by atoms with Gasteiger partial charge in [0, 0.05) is 25.2 Å². The first-order valence-electron chi connectivity index (χ1n) is 7.75. The summed E-state index contributed by atoms with van der Waals surface area (Å²) in [4.78, 5) is 15.1. The van der Waals surface area contributed by atoms with Crippen LogP contribution in [-0.4, -0.2) is 36.8 Å². The molecule has 1 aromatic heterocycles. The van der Waals surface area contributed by atoms with Crippen molar-refractivity contribution < 1.29 is 9.90 Å². The Bertz CT molecular complexity index is 539. The molecule has 1 atom stereocenters. The molecule has 3 rings (SSSR count). The molecule has 4 N–H and O–H groups in total. The van der Waals surface area contributed by atoms with E-state index in [1.165, 1.54) is 11.3 Å². The molecule has 116 valence electrons. The van der Waals surface area contributed by atoms with Crippen LogP contribution in [0.5, 0.6) is 0 Å². The maximum Gasteiger partial charge on any atom is 0.263 e. The first-order valence-corrected chi connectivity index (χ1v) is 8.56. The summed E-state index contributed by atoms with van der Waals surface area (Å²) in [6.45, 7) is 4.20. The molecule has 0 aromatic carbocycles. The Balaban J connectivity index is 1.90. The van der Waals surface area contributed by atoms with E-state index >= 15 is 0 Å². The van der Waals surface area contributed by atoms with Gasteiger partial charge in [0.15, 0.2) is 0 Å². The number of nitrogens with zero attached hydrogens (tertiary/aromatic N) is 1. The lowest BCUT2D eigenvalue weighted by Gasteiger charge is -2.17. The highest BCUT2D eigenvalue weighted by atomic mass is 32.1. The second-order valence-electron chi connectivity index (χ2n) is 5.98. The van der Waals surface area contributed by atoms with E-state index in [9.17, 15) is 9.90 Å². The average Bonchev–Trinajstić information content (AvgIpc) is 3.11. The fourth-order valence-corrected chi connectivity index (χ4v) is 4.12. The predicted octanol–water partition coefficient (Wildman–Crippen LogP) is 1.92. The first kappa shape index (κ1) is 14.7. The number of carbonyl (C=O) groups is 1. The normalized spacial score (nSPS) is 21.8. The van der Waals surface area contributed by atoms with E-state index in [0.29, 0.717) is 29.6 Å². The molecule has 5 nitrogen and oxygen atoms in total. The summed E-state index contributed by atoms with van der Waals surface area (Å²) in [6, 6.07) is 0. The minimum atomic E-state index is -0.266. The topological polar surface area (TPSA) is 78.6 Å². The Kier molecular flexibility index (Phi) is 4.08. The largest absolute Gasteiger partial charge is 0.397 e. The summed E-state index contributed by atoms with van der Waals surface area (Å²) < 4.78 is 0. The van der Waals surface area contributed by atoms with Gasteiger partial charge in [0.05, 0.1) is 16.8 Å². The zero-order chi connectivity index (χ0) is 15.0. The predicted molar refractivity (Wildman–Crippen MR) is 86.2 cm³/mol. The van der Waals surface area contributed by atoms with Crippen molar-refractivity contribution in [2.24, 2.45) is 0 Å². The Hall–Kier alpha value is -1.27. The van der Waals surface area contributed by atoms with Gasteiger partial charge in [-0.05, 0) is 31.6 Å². The van der Waals surface area contributed by atoms with Crippen molar-refractivity contribution in [2.45, 2.75) is 44.6 Å². The van der Waals surface area contributed by atoms with Crippen LogP contribution in [0.3, 0.4) is 0 Å². The summed E-state index contributed by atoms with van der Waals surface area (Å²) in [5.74, 6) is 0.439. The lowest BCUT2D eigenvalue weighted by molar-refractivity contribution is 0.0958. The smallest absolute Gasteiger partial charge is 0.263 e. The first-order chi connectivity index (χ1) is 10.1. The highest BCUT2D eigenvalue weighted by molar-refractivity contribution is 7.18. The lowest BCUT2D eigenvalue weighted by atomic mass is 10.1. The van der Waals surface area contributed by atoms with Crippen LogP contribution in [-0.2, 0) is 0 Å². The summed E-state index contributed by atoms with van der Waals surface area (Å²) >= 11 is 1.49. The van der Waals surface area contributed by atoms with Crippen LogP contribution in [0.2, 0.25) is 0 Å². The molecule has 2 fully saturated rings. The number of carbonyl (C=O) groups excluding carboxylic acids is 1. The van der Waals surface area contributed by atoms with E-state index in [0.717, 1.165) is 42.8 Å². The Morgan fingerprint density at radius 3 is 2.81 bits per heavy atom. The molecule has 1 aliphatic heterocycles. The molecule has 1 saturated carbocycles. The van der Waals surface area contributed by atoms with Gasteiger partial charge in [-0.1, -0.05) is 6.92 Å². The number of aliphatic hydroxyl groups is 1. The number of hydrogen-bond donors (Lipinski definition) is 3. The molecule has 2 aliphatic rings. The van der Waals surface area contributed by atoms with Crippen LogP contribution in [0.1, 0.15) is 53.8 Å². The molecule has 1 aliphatic carbocycles. The highest BCUT2D eigenvalue weighted by Gasteiger charge is 2.36. The third kappa shape index (κ3) is 2.87. The molecule has 6 heteroatoms. The van der Waals surface area contributed by atoms with Gasteiger partial charge in [-0.3, -0.25) is 4.79 Å². The quantitative estimate of drug-likeness (QED) is 0.776. The standard InChI is InChI=1S/C15H23N3O2S/c1-2-6-17-14(20)13-12(16)11(9-3-4-9)15(21-13)18-7-5-10(19)8-18/h9-10,19H,2-8,16H2,1H3,(H,17,20). The van der Waals surface area contributed by atoms with Gasteiger partial charge in [0.25, 0.3) is 5.91 Å². The molecule has 1 amide bonds. The van der Waals surface area contributed by atoms with Crippen LogP contribution in [0.4, 0.5) is 10.7 Å². The van der Waals surface area contributed by atoms with Gasteiger partial charge >= 0.3 is 0 Å². The van der Waals surface area contributed by atoms with Gasteiger partial charge in [0.2, 0.25) is 0 Å². The van der Waals surface area contributed by atoms with E-state index in [4.69, 9.17) is 5.73 Å². The zero-order valence-electron chi connectivity index (χ0n) is 12.4. The Morgan fingerprint density at radius 2 is 2.24 bits per heavy atom. The summed E-state index contributed by atoms with van der Waals surface area (Å²) in [5, 5.41) is 13.8. The number of hydrogen-bond acceptors (Lipinski definition) is 5. The van der Waals surface area contributed by atoms with Crippen molar-refractivity contribution >= 4 is 27.9 Å². The number of nitrogen functional groups attached to an aromatic ring is 1. The Labute approximate surface area is 129 Å². The monoisotopic (exact) mass is 309 g/mol. The van der Waals surface area contributed by atoms with Crippen molar-refractivity contribution in [1.29, 1.82) is 0 Å². The fraction of sp³-hybridized carbons (Fsp3) is 0.667. The molecule has 1 unspecified atom stereocenters. The fourth-order valence-electron chi connectivity index (χ4n) is 2.86. The van der Waals surface area contributed by atoms with Crippen LogP contribution in [0.25, 0.3) is 0 Å². The van der Waals surface area contributed by atoms with Crippen LogP contribution < -0.4 is 16.0 Å². The van der Waals surface area contributed by atoms with Gasteiger partial charge in [-0.15, -0.1) is 11.3 Å². The van der Waals surface area contributed by atoms with Gasteiger partial charge in [-0.25, -0.2) is 0 Å². The van der Waals surface area contributed by atoms with Crippen LogP contribution in [0, 0.1) is 0 Å². The van der Waals surface area contributed by atoms with Crippen molar-refractivity contribution in [3.05, 3.63) is 10.4 Å². The summed E-state index contributed by atoms with van der Waals surface area (Å²) in [5.41, 5.74) is 8.09.